The Labute approximate surface area is 223 Å². The van der Waals surface area contributed by atoms with E-state index in [9.17, 15) is 24.0 Å². The summed E-state index contributed by atoms with van der Waals surface area (Å²) in [5.41, 5.74) is -0.796. The van der Waals surface area contributed by atoms with E-state index in [2.05, 4.69) is 21.3 Å². The number of amides is 4. The topological polar surface area (TPSA) is 161 Å². The van der Waals surface area contributed by atoms with E-state index in [1.54, 1.807) is 65.8 Å². The Bertz CT molecular complexity index is 970. The van der Waals surface area contributed by atoms with Gasteiger partial charge in [-0.15, -0.1) is 0 Å². The molecule has 0 saturated heterocycles. The fourth-order valence-corrected chi connectivity index (χ4v) is 3.01. The predicted octanol–water partition coefficient (Wildman–Crippen LogP) is 1.81. The lowest BCUT2D eigenvalue weighted by atomic mass is 10.1. The second-order valence-electron chi connectivity index (χ2n) is 10.6. The number of hydrogen-bond acceptors (Lipinski definition) is 8. The number of alkyl carbamates (subject to hydrolysis) is 2. The highest BCUT2D eigenvalue weighted by Crippen LogP contribution is 2.08. The molecular weight excluding hydrogens is 496 g/mol. The van der Waals surface area contributed by atoms with Gasteiger partial charge in [0.2, 0.25) is 11.8 Å². The van der Waals surface area contributed by atoms with Crippen molar-refractivity contribution in [3.63, 3.8) is 0 Å². The van der Waals surface area contributed by atoms with Crippen molar-refractivity contribution in [3.05, 3.63) is 35.9 Å². The van der Waals surface area contributed by atoms with Gasteiger partial charge in [-0.3, -0.25) is 9.59 Å². The number of hydrogen-bond donors (Lipinski definition) is 4. The van der Waals surface area contributed by atoms with Gasteiger partial charge >= 0.3 is 18.2 Å². The Balaban J connectivity index is 3.02. The van der Waals surface area contributed by atoms with Gasteiger partial charge in [-0.05, 0) is 54.0 Å². The Morgan fingerprint density at radius 3 is 1.82 bits per heavy atom. The number of carbonyl (C=O) groups is 5. The maximum Gasteiger partial charge on any atom is 0.408 e. The molecule has 12 nitrogen and oxygen atoms in total. The molecule has 0 spiro atoms. The minimum atomic E-state index is -1.32. The molecule has 0 bridgehead atoms. The maximum atomic E-state index is 13.2. The van der Waals surface area contributed by atoms with Crippen LogP contribution in [-0.4, -0.2) is 73.0 Å². The van der Waals surface area contributed by atoms with Crippen LogP contribution in [0.15, 0.2) is 30.3 Å². The molecule has 0 aliphatic heterocycles. The van der Waals surface area contributed by atoms with Crippen LogP contribution in [0.5, 0.6) is 0 Å². The minimum absolute atomic E-state index is 0.135. The molecule has 1 aromatic carbocycles. The summed E-state index contributed by atoms with van der Waals surface area (Å²) >= 11 is 0. The van der Waals surface area contributed by atoms with Gasteiger partial charge in [0.15, 0.2) is 0 Å². The molecule has 0 radical (unpaired) electrons. The molecule has 4 amide bonds. The number of carbonyl (C=O) groups excluding carboxylic acids is 5. The lowest BCUT2D eigenvalue weighted by molar-refractivity contribution is -0.145. The van der Waals surface area contributed by atoms with E-state index in [4.69, 9.17) is 14.2 Å². The first-order chi connectivity index (χ1) is 17.5. The largest absolute Gasteiger partial charge is 0.467 e. The van der Waals surface area contributed by atoms with Crippen LogP contribution >= 0.6 is 0 Å². The summed E-state index contributed by atoms with van der Waals surface area (Å²) in [5, 5.41) is 9.88. The van der Waals surface area contributed by atoms with Crippen molar-refractivity contribution in [1.29, 1.82) is 0 Å². The van der Waals surface area contributed by atoms with Crippen LogP contribution in [0, 0.1) is 0 Å². The van der Waals surface area contributed by atoms with Crippen molar-refractivity contribution in [2.24, 2.45) is 0 Å². The predicted molar refractivity (Wildman–Crippen MR) is 139 cm³/mol. The first-order valence-corrected chi connectivity index (χ1v) is 12.2. The first kappa shape index (κ1) is 32.2. The number of ether oxygens (including phenoxy) is 3. The number of esters is 1. The SMILES string of the molecule is COC(=O)[C@H](Cc1ccccc1)NC(=O)[C@H](CNC(=O)OC(C)(C)C)NC(=O)[C@H](C)NC(=O)OC(C)(C)C. The van der Waals surface area contributed by atoms with Crippen molar-refractivity contribution in [2.75, 3.05) is 13.7 Å². The number of methoxy groups -OCH3 is 1. The average molecular weight is 537 g/mol. The number of benzene rings is 1. The molecule has 0 unspecified atom stereocenters. The van der Waals surface area contributed by atoms with E-state index in [1.165, 1.54) is 14.0 Å². The third kappa shape index (κ3) is 12.9. The molecule has 3 atom stereocenters. The van der Waals surface area contributed by atoms with Crippen molar-refractivity contribution in [1.82, 2.24) is 21.3 Å². The van der Waals surface area contributed by atoms with Gasteiger partial charge in [0.25, 0.3) is 0 Å². The smallest absolute Gasteiger partial charge is 0.408 e. The zero-order chi connectivity index (χ0) is 29.1. The molecule has 0 aromatic heterocycles. The van der Waals surface area contributed by atoms with Crippen molar-refractivity contribution in [3.8, 4) is 0 Å². The van der Waals surface area contributed by atoms with E-state index in [0.29, 0.717) is 0 Å². The zero-order valence-electron chi connectivity index (χ0n) is 23.3. The second kappa shape index (κ2) is 14.2. The summed E-state index contributed by atoms with van der Waals surface area (Å²) in [6.45, 7) is 11.1. The van der Waals surface area contributed by atoms with Gasteiger partial charge in [0, 0.05) is 6.42 Å². The number of nitrogens with one attached hydrogen (secondary N) is 4. The highest BCUT2D eigenvalue weighted by molar-refractivity contribution is 5.93. The van der Waals surface area contributed by atoms with Crippen molar-refractivity contribution >= 4 is 30.0 Å². The van der Waals surface area contributed by atoms with E-state index < -0.39 is 59.3 Å². The maximum absolute atomic E-state index is 13.2. The zero-order valence-corrected chi connectivity index (χ0v) is 23.3. The van der Waals surface area contributed by atoms with Crippen LogP contribution in [0.4, 0.5) is 9.59 Å². The molecule has 1 rings (SSSR count). The third-order valence-electron chi connectivity index (χ3n) is 4.69. The first-order valence-electron chi connectivity index (χ1n) is 12.2. The Morgan fingerprint density at radius 2 is 1.29 bits per heavy atom. The van der Waals surface area contributed by atoms with Gasteiger partial charge in [0.1, 0.15) is 29.3 Å². The van der Waals surface area contributed by atoms with Crippen LogP contribution in [0.25, 0.3) is 0 Å². The molecule has 0 fully saturated rings. The van der Waals surface area contributed by atoms with Gasteiger partial charge < -0.3 is 35.5 Å². The van der Waals surface area contributed by atoms with E-state index in [0.717, 1.165) is 5.56 Å². The Kier molecular flexibility index (Phi) is 12.0. The molecular formula is C26H40N4O8. The van der Waals surface area contributed by atoms with Crippen molar-refractivity contribution < 1.29 is 38.2 Å². The molecule has 0 aliphatic carbocycles. The fourth-order valence-electron chi connectivity index (χ4n) is 3.01. The molecule has 12 heteroatoms. The molecule has 38 heavy (non-hydrogen) atoms. The van der Waals surface area contributed by atoms with Crippen LogP contribution in [0.1, 0.15) is 54.0 Å². The summed E-state index contributed by atoms with van der Waals surface area (Å²) < 4.78 is 15.2. The summed E-state index contributed by atoms with van der Waals surface area (Å²) in [6, 6.07) is 5.51. The quantitative estimate of drug-likeness (QED) is 0.260. The molecule has 1 aromatic rings. The Hall–Kier alpha value is -3.83. The fraction of sp³-hybridized carbons (Fsp3) is 0.577. The second-order valence-corrected chi connectivity index (χ2v) is 10.6. The molecule has 4 N–H and O–H groups in total. The molecule has 0 aliphatic rings. The summed E-state index contributed by atoms with van der Waals surface area (Å²) in [4.78, 5) is 62.6. The average Bonchev–Trinajstić information content (AvgIpc) is 2.78. The lowest BCUT2D eigenvalue weighted by Gasteiger charge is -2.25. The van der Waals surface area contributed by atoms with Gasteiger partial charge in [0.05, 0.1) is 13.7 Å². The van der Waals surface area contributed by atoms with Crippen LogP contribution in [-0.2, 0) is 35.0 Å². The summed E-state index contributed by atoms with van der Waals surface area (Å²) in [7, 11) is 1.19. The van der Waals surface area contributed by atoms with E-state index in [1.807, 2.05) is 6.07 Å². The van der Waals surface area contributed by atoms with E-state index >= 15 is 0 Å². The van der Waals surface area contributed by atoms with Crippen molar-refractivity contribution in [2.45, 2.75) is 84.2 Å². The van der Waals surface area contributed by atoms with E-state index in [-0.39, 0.29) is 13.0 Å². The summed E-state index contributed by atoms with van der Waals surface area (Å²) in [6.07, 6.45) is -1.49. The van der Waals surface area contributed by atoms with Gasteiger partial charge in [-0.1, -0.05) is 30.3 Å². The Morgan fingerprint density at radius 1 is 0.763 bits per heavy atom. The third-order valence-corrected chi connectivity index (χ3v) is 4.69. The van der Waals surface area contributed by atoms with Crippen LogP contribution < -0.4 is 21.3 Å². The highest BCUT2D eigenvalue weighted by atomic mass is 16.6. The highest BCUT2D eigenvalue weighted by Gasteiger charge is 2.30. The van der Waals surface area contributed by atoms with Gasteiger partial charge in [-0.2, -0.15) is 0 Å². The molecule has 0 heterocycles. The standard InChI is InChI=1S/C26H40N4O8/c1-16(28-24(35)38-26(5,6)7)20(31)30-19(15-27-23(34)37-25(2,3)4)21(32)29-18(22(33)36-8)14-17-12-10-9-11-13-17/h9-13,16,18-19H,14-15H2,1-8H3,(H,27,34)(H,28,35)(H,29,32)(H,30,31)/t16-,18-,19-/m0/s1. The molecule has 212 valence electrons. The summed E-state index contributed by atoms with van der Waals surface area (Å²) in [5.74, 6) is -2.17. The normalized spacial score (nSPS) is 13.7. The monoisotopic (exact) mass is 536 g/mol. The minimum Gasteiger partial charge on any atom is -0.467 e. The van der Waals surface area contributed by atoms with Crippen LogP contribution in [0.2, 0.25) is 0 Å². The van der Waals surface area contributed by atoms with Gasteiger partial charge in [-0.25, -0.2) is 14.4 Å². The van der Waals surface area contributed by atoms with Crippen LogP contribution in [0.3, 0.4) is 0 Å². The number of rotatable bonds is 10. The lowest BCUT2D eigenvalue weighted by Crippen LogP contribution is -2.59. The molecule has 0 saturated carbocycles.